The van der Waals surface area contributed by atoms with Crippen molar-refractivity contribution in [2.75, 3.05) is 13.1 Å². The Morgan fingerprint density at radius 2 is 2.11 bits per heavy atom. The molecule has 1 N–H and O–H groups in total. The molecule has 19 heavy (non-hydrogen) atoms. The van der Waals surface area contributed by atoms with Gasteiger partial charge in [0.15, 0.2) is 0 Å². The Hall–Kier alpha value is -1.39. The molecule has 1 aliphatic heterocycles. The molecule has 0 atom stereocenters. The number of fused-ring (bicyclic) bond motifs is 1. The van der Waals surface area contributed by atoms with E-state index in [1.165, 1.54) is 5.56 Å². The Kier molecular flexibility index (Phi) is 3.07. The molecule has 1 aliphatic rings. The van der Waals surface area contributed by atoms with Crippen molar-refractivity contribution in [3.8, 4) is 0 Å². The highest BCUT2D eigenvalue weighted by Crippen LogP contribution is 2.27. The molecule has 1 fully saturated rings. The van der Waals surface area contributed by atoms with Crippen molar-refractivity contribution < 1.29 is 5.11 Å². The lowest BCUT2D eigenvalue weighted by atomic mass is 9.89. The number of hydrogen-bond acceptors (Lipinski definition) is 3. The third-order valence-electron chi connectivity index (χ3n) is 3.79. The van der Waals surface area contributed by atoms with Crippen LogP contribution in [-0.2, 0) is 6.54 Å². The minimum Gasteiger partial charge on any atom is -0.387 e. The summed E-state index contributed by atoms with van der Waals surface area (Å²) in [5, 5.41) is 10.2. The highest BCUT2D eigenvalue weighted by Gasteiger charge is 2.40. The van der Waals surface area contributed by atoms with Crippen LogP contribution in [0.3, 0.4) is 0 Å². The zero-order valence-electron chi connectivity index (χ0n) is 11.6. The van der Waals surface area contributed by atoms with Crippen LogP contribution in [0.15, 0.2) is 24.5 Å². The highest BCUT2D eigenvalue weighted by molar-refractivity contribution is 5.41. The van der Waals surface area contributed by atoms with Crippen LogP contribution in [0.1, 0.15) is 31.0 Å². The monoisotopic (exact) mass is 259 g/mol. The van der Waals surface area contributed by atoms with E-state index in [9.17, 15) is 5.11 Å². The van der Waals surface area contributed by atoms with E-state index in [4.69, 9.17) is 0 Å². The largest absolute Gasteiger partial charge is 0.387 e. The first-order valence-electron chi connectivity index (χ1n) is 6.97. The van der Waals surface area contributed by atoms with Crippen LogP contribution < -0.4 is 0 Å². The number of imidazole rings is 1. The molecule has 2 aromatic rings. The molecule has 2 aromatic heterocycles. The first kappa shape index (κ1) is 12.6. The SMILES string of the molecule is CCCC1(O)CN(Cc2cn3cc(C)ccc3n2)C1. The van der Waals surface area contributed by atoms with Crippen LogP contribution in [0.2, 0.25) is 0 Å². The van der Waals surface area contributed by atoms with Crippen molar-refractivity contribution in [2.24, 2.45) is 0 Å². The van der Waals surface area contributed by atoms with Crippen LogP contribution in [0.25, 0.3) is 5.65 Å². The van der Waals surface area contributed by atoms with E-state index in [2.05, 4.69) is 46.6 Å². The molecule has 0 aromatic carbocycles. The average molecular weight is 259 g/mol. The third kappa shape index (κ3) is 2.51. The second-order valence-electron chi connectivity index (χ2n) is 5.82. The van der Waals surface area contributed by atoms with Gasteiger partial charge in [-0.2, -0.15) is 0 Å². The number of rotatable bonds is 4. The number of likely N-dealkylation sites (tertiary alicyclic amines) is 1. The second-order valence-corrected chi connectivity index (χ2v) is 5.82. The molecule has 0 bridgehead atoms. The Morgan fingerprint density at radius 1 is 1.32 bits per heavy atom. The Labute approximate surface area is 113 Å². The van der Waals surface area contributed by atoms with E-state index < -0.39 is 5.60 Å². The topological polar surface area (TPSA) is 40.8 Å². The van der Waals surface area contributed by atoms with Gasteiger partial charge in [-0.25, -0.2) is 4.98 Å². The summed E-state index contributed by atoms with van der Waals surface area (Å²) in [4.78, 5) is 6.86. The molecule has 102 valence electrons. The second kappa shape index (κ2) is 4.62. The normalized spacial score (nSPS) is 18.7. The first-order chi connectivity index (χ1) is 9.08. The fourth-order valence-corrected chi connectivity index (χ4v) is 2.98. The minimum absolute atomic E-state index is 0.454. The van der Waals surface area contributed by atoms with Gasteiger partial charge in [0.2, 0.25) is 0 Å². The fraction of sp³-hybridized carbons (Fsp3) is 0.533. The zero-order chi connectivity index (χ0) is 13.5. The van der Waals surface area contributed by atoms with Gasteiger partial charge in [0, 0.05) is 32.0 Å². The van der Waals surface area contributed by atoms with Crippen molar-refractivity contribution >= 4 is 5.65 Å². The number of hydrogen-bond donors (Lipinski definition) is 1. The summed E-state index contributed by atoms with van der Waals surface area (Å²) >= 11 is 0. The van der Waals surface area contributed by atoms with Gasteiger partial charge in [-0.15, -0.1) is 0 Å². The number of aromatic nitrogens is 2. The number of aliphatic hydroxyl groups is 1. The van der Waals surface area contributed by atoms with Crippen molar-refractivity contribution in [1.29, 1.82) is 0 Å². The molecule has 3 rings (SSSR count). The smallest absolute Gasteiger partial charge is 0.137 e. The first-order valence-corrected chi connectivity index (χ1v) is 6.97. The minimum atomic E-state index is -0.454. The van der Waals surface area contributed by atoms with Crippen molar-refractivity contribution in [2.45, 2.75) is 38.8 Å². The molecule has 0 unspecified atom stereocenters. The summed E-state index contributed by atoms with van der Waals surface area (Å²) in [5.74, 6) is 0. The predicted octanol–water partition coefficient (Wildman–Crippen LogP) is 1.99. The van der Waals surface area contributed by atoms with Gasteiger partial charge in [-0.3, -0.25) is 4.90 Å². The molecular weight excluding hydrogens is 238 g/mol. The van der Waals surface area contributed by atoms with Gasteiger partial charge in [0.25, 0.3) is 0 Å². The zero-order valence-corrected chi connectivity index (χ0v) is 11.6. The molecule has 1 saturated heterocycles. The lowest BCUT2D eigenvalue weighted by Gasteiger charge is -2.46. The summed E-state index contributed by atoms with van der Waals surface area (Å²) in [7, 11) is 0. The third-order valence-corrected chi connectivity index (χ3v) is 3.79. The van der Waals surface area contributed by atoms with Crippen LogP contribution in [0.4, 0.5) is 0 Å². The van der Waals surface area contributed by atoms with Crippen LogP contribution >= 0.6 is 0 Å². The van der Waals surface area contributed by atoms with Gasteiger partial charge in [-0.05, 0) is 25.0 Å². The van der Waals surface area contributed by atoms with E-state index in [1.54, 1.807) is 0 Å². The van der Waals surface area contributed by atoms with Gasteiger partial charge >= 0.3 is 0 Å². The molecule has 0 amide bonds. The number of nitrogens with zero attached hydrogens (tertiary/aromatic N) is 3. The Bertz CT molecular complexity index is 584. The molecule has 3 heterocycles. The van der Waals surface area contributed by atoms with Crippen LogP contribution in [0, 0.1) is 6.92 Å². The van der Waals surface area contributed by atoms with E-state index in [-0.39, 0.29) is 0 Å². The standard InChI is InChI=1S/C15H21N3O/c1-3-6-15(19)10-17(11-15)8-13-9-18-7-12(2)4-5-14(18)16-13/h4-5,7,9,19H,3,6,8,10-11H2,1-2H3. The summed E-state index contributed by atoms with van der Waals surface area (Å²) < 4.78 is 2.07. The molecule has 0 radical (unpaired) electrons. The van der Waals surface area contributed by atoms with Crippen molar-refractivity contribution in [1.82, 2.24) is 14.3 Å². The lowest BCUT2D eigenvalue weighted by molar-refractivity contribution is -0.107. The Morgan fingerprint density at radius 3 is 2.84 bits per heavy atom. The van der Waals surface area contributed by atoms with E-state index in [0.717, 1.165) is 43.8 Å². The van der Waals surface area contributed by atoms with Crippen LogP contribution in [-0.4, -0.2) is 38.1 Å². The molecule has 0 aliphatic carbocycles. The van der Waals surface area contributed by atoms with Gasteiger partial charge < -0.3 is 9.51 Å². The number of aryl methyl sites for hydroxylation is 1. The number of pyridine rings is 1. The molecule has 0 spiro atoms. The molecule has 4 heteroatoms. The van der Waals surface area contributed by atoms with E-state index in [0.29, 0.717) is 0 Å². The summed E-state index contributed by atoms with van der Waals surface area (Å²) in [6, 6.07) is 4.12. The predicted molar refractivity (Wildman–Crippen MR) is 75.1 cm³/mol. The van der Waals surface area contributed by atoms with E-state index >= 15 is 0 Å². The van der Waals surface area contributed by atoms with Crippen LogP contribution in [0.5, 0.6) is 0 Å². The van der Waals surface area contributed by atoms with Crippen molar-refractivity contribution in [3.63, 3.8) is 0 Å². The quantitative estimate of drug-likeness (QED) is 0.913. The maximum Gasteiger partial charge on any atom is 0.137 e. The van der Waals surface area contributed by atoms with Crippen molar-refractivity contribution in [3.05, 3.63) is 35.8 Å². The highest BCUT2D eigenvalue weighted by atomic mass is 16.3. The maximum absolute atomic E-state index is 10.2. The van der Waals surface area contributed by atoms with Gasteiger partial charge in [0.05, 0.1) is 11.3 Å². The van der Waals surface area contributed by atoms with Gasteiger partial charge in [0.1, 0.15) is 5.65 Å². The summed E-state index contributed by atoms with van der Waals surface area (Å²) in [6.45, 7) is 6.57. The summed E-state index contributed by atoms with van der Waals surface area (Å²) in [6.07, 6.45) is 6.11. The van der Waals surface area contributed by atoms with Gasteiger partial charge in [-0.1, -0.05) is 19.4 Å². The number of β-amino-alcohol motifs (C(OH)–C–C–N with tert-alkyl or cyclic N) is 1. The average Bonchev–Trinajstić information content (AvgIpc) is 2.68. The van der Waals surface area contributed by atoms with E-state index in [1.807, 2.05) is 6.07 Å². The lowest BCUT2D eigenvalue weighted by Crippen LogP contribution is -2.60. The molecule has 4 nitrogen and oxygen atoms in total. The molecule has 0 saturated carbocycles. The maximum atomic E-state index is 10.2. The summed E-state index contributed by atoms with van der Waals surface area (Å²) in [5.41, 5.74) is 2.84. The fourth-order valence-electron chi connectivity index (χ4n) is 2.98. The molecular formula is C15H21N3O. The Balaban J connectivity index is 1.67.